The molecule has 0 aliphatic rings. The molecule has 268 valence electrons. The predicted octanol–water partition coefficient (Wildman–Crippen LogP) is 6.60. The number of nitrogens with zero attached hydrogens (tertiary/aromatic N) is 7. The Morgan fingerprint density at radius 1 is 0.961 bits per heavy atom. The van der Waals surface area contributed by atoms with Crippen molar-refractivity contribution in [3.63, 3.8) is 0 Å². The second-order valence-corrected chi connectivity index (χ2v) is 12.1. The summed E-state index contributed by atoms with van der Waals surface area (Å²) < 4.78 is 109. The third kappa shape index (κ3) is 8.69. The van der Waals surface area contributed by atoms with E-state index in [2.05, 4.69) is 40.9 Å². The fourth-order valence-corrected chi connectivity index (χ4v) is 5.45. The number of halogens is 10. The van der Waals surface area contributed by atoms with Crippen molar-refractivity contribution in [1.82, 2.24) is 40.3 Å². The van der Waals surface area contributed by atoms with Crippen LogP contribution in [0, 0.1) is 10.5 Å². The average molecular weight is 856 g/mol. The lowest BCUT2D eigenvalue weighted by molar-refractivity contribution is -0.292. The van der Waals surface area contributed by atoms with Crippen molar-refractivity contribution < 1.29 is 49.4 Å². The van der Waals surface area contributed by atoms with E-state index in [1.807, 2.05) is 22.6 Å². The van der Waals surface area contributed by atoms with Crippen LogP contribution in [0.5, 0.6) is 5.75 Å². The smallest absolute Gasteiger partial charge is 0.406 e. The zero-order valence-electron chi connectivity index (χ0n) is 25.3. The number of carbonyl (C=O) groups is 2. The van der Waals surface area contributed by atoms with Gasteiger partial charge in [0.05, 0.1) is 22.0 Å². The number of aromatic nitrogens is 7. The van der Waals surface area contributed by atoms with Gasteiger partial charge >= 0.3 is 18.5 Å². The molecule has 0 atom stereocenters. The first-order chi connectivity index (χ1) is 23.8. The quantitative estimate of drug-likeness (QED) is 0.118. The molecule has 0 aliphatic carbocycles. The van der Waals surface area contributed by atoms with Gasteiger partial charge in [0.25, 0.3) is 17.6 Å². The van der Waals surface area contributed by atoms with Gasteiger partial charge in [-0.2, -0.15) is 31.8 Å². The lowest BCUT2D eigenvalue weighted by atomic mass is 10.1. The van der Waals surface area contributed by atoms with E-state index >= 15 is 0 Å². The summed E-state index contributed by atoms with van der Waals surface area (Å²) in [6, 6.07) is 12.1. The summed E-state index contributed by atoms with van der Waals surface area (Å²) in [5.74, 6) is -9.45. The monoisotopic (exact) mass is 855 g/mol. The molecule has 2 N–H and O–H groups in total. The minimum Gasteiger partial charge on any atom is -0.406 e. The summed E-state index contributed by atoms with van der Waals surface area (Å²) in [6.45, 7) is 0.757. The van der Waals surface area contributed by atoms with Gasteiger partial charge < -0.3 is 15.4 Å². The molecule has 0 saturated carbocycles. The number of aryl methyl sites for hydroxylation is 1. The summed E-state index contributed by atoms with van der Waals surface area (Å²) >= 11 is 8.24. The molecular weight excluding hydrogens is 837 g/mol. The molecule has 2 amide bonds. The summed E-state index contributed by atoms with van der Waals surface area (Å²) in [7, 11) is 0. The van der Waals surface area contributed by atoms with Crippen molar-refractivity contribution in [2.45, 2.75) is 38.5 Å². The third-order valence-electron chi connectivity index (χ3n) is 6.69. The molecule has 0 spiro atoms. The van der Waals surface area contributed by atoms with Gasteiger partial charge in [0, 0.05) is 16.3 Å². The van der Waals surface area contributed by atoms with E-state index in [9.17, 15) is 44.7 Å². The lowest BCUT2D eigenvalue weighted by Crippen LogP contribution is -2.35. The molecule has 22 heteroatoms. The Kier molecular flexibility index (Phi) is 10.5. The van der Waals surface area contributed by atoms with Gasteiger partial charge in [0.1, 0.15) is 18.0 Å². The van der Waals surface area contributed by atoms with Crippen LogP contribution in [0.2, 0.25) is 5.02 Å². The maximum atomic E-state index is 13.8. The number of tetrazole rings is 1. The number of amides is 2. The normalized spacial score (nSPS) is 12.1. The number of hydrogen-bond donors (Lipinski definition) is 2. The Morgan fingerprint density at radius 2 is 1.71 bits per heavy atom. The predicted molar refractivity (Wildman–Crippen MR) is 169 cm³/mol. The molecule has 0 saturated heterocycles. The van der Waals surface area contributed by atoms with E-state index in [1.165, 1.54) is 36.5 Å². The fourth-order valence-electron chi connectivity index (χ4n) is 4.47. The summed E-state index contributed by atoms with van der Waals surface area (Å²) in [4.78, 5) is 31.7. The number of benzene rings is 2. The summed E-state index contributed by atoms with van der Waals surface area (Å²) in [6.07, 6.45) is -9.58. The summed E-state index contributed by atoms with van der Waals surface area (Å²) in [5.41, 5.74) is 0.325. The lowest BCUT2D eigenvalue weighted by Gasteiger charge is -2.16. The van der Waals surface area contributed by atoms with Crippen LogP contribution in [0.3, 0.4) is 0 Å². The fraction of sp³-hybridized carbons (Fsp3) is 0.207. The molecule has 0 aliphatic heterocycles. The van der Waals surface area contributed by atoms with E-state index in [-0.39, 0.29) is 45.6 Å². The number of rotatable bonds is 10. The van der Waals surface area contributed by atoms with Crippen molar-refractivity contribution in [3.8, 4) is 11.6 Å². The number of ether oxygens (including phenoxy) is 1. The number of anilines is 1. The van der Waals surface area contributed by atoms with E-state index in [1.54, 1.807) is 13.0 Å². The first kappa shape index (κ1) is 37.3. The highest BCUT2D eigenvalue weighted by molar-refractivity contribution is 14.1. The molecule has 12 nitrogen and oxygen atoms in total. The molecule has 0 bridgehead atoms. The van der Waals surface area contributed by atoms with Crippen LogP contribution in [0.15, 0.2) is 60.8 Å². The molecular formula is C29H19ClF8IN9O3. The Bertz CT molecular complexity index is 2100. The second-order valence-electron chi connectivity index (χ2n) is 10.4. The largest absolute Gasteiger partial charge is 0.573 e. The molecule has 3 aromatic heterocycles. The number of nitrogens with one attached hydrogen (secondary N) is 2. The van der Waals surface area contributed by atoms with Gasteiger partial charge in [-0.05, 0) is 88.3 Å². The highest BCUT2D eigenvalue weighted by atomic mass is 127. The molecule has 0 fully saturated rings. The van der Waals surface area contributed by atoms with Gasteiger partial charge in [-0.25, -0.2) is 9.67 Å². The molecule has 3 heterocycles. The molecule has 0 unspecified atom stereocenters. The standard InChI is InChI=1S/C29H19ClF8IN9O3/c1-14-8-16(39)10-19(24(49)41-12-15-4-2-5-18(9-15)51-29(36,37)38)22(14)42-25(50)21-11-17(44-48(21)23-20(30)6-3-7-40-23)13-47-45-26(43-46-47)27(31,32)28(33,34)35/h2-11H,12-13H2,1H3,(H,41,49)(H,42,50). The van der Waals surface area contributed by atoms with Crippen molar-refractivity contribution in [3.05, 3.63) is 103 Å². The third-order valence-corrected chi connectivity index (χ3v) is 7.61. The van der Waals surface area contributed by atoms with E-state index in [4.69, 9.17) is 11.6 Å². The first-order valence-corrected chi connectivity index (χ1v) is 15.4. The molecule has 5 rings (SSSR count). The van der Waals surface area contributed by atoms with Crippen LogP contribution in [-0.2, 0) is 19.0 Å². The van der Waals surface area contributed by atoms with Crippen LogP contribution in [0.4, 0.5) is 40.8 Å². The van der Waals surface area contributed by atoms with Crippen molar-refractivity contribution in [2.75, 3.05) is 5.32 Å². The van der Waals surface area contributed by atoms with Crippen LogP contribution in [-0.4, -0.2) is 59.3 Å². The SMILES string of the molecule is Cc1cc(I)cc(C(=O)NCc2cccc(OC(F)(F)F)c2)c1NC(=O)c1cc(Cn2nnc(C(F)(F)C(F)(F)F)n2)nn1-c1ncccc1Cl. The van der Waals surface area contributed by atoms with Crippen LogP contribution < -0.4 is 15.4 Å². The average Bonchev–Trinajstić information content (AvgIpc) is 3.68. The highest BCUT2D eigenvalue weighted by Gasteiger charge is 2.62. The van der Waals surface area contributed by atoms with E-state index in [0.717, 1.165) is 22.9 Å². The number of carbonyl (C=O) groups excluding carboxylic acids is 2. The molecule has 51 heavy (non-hydrogen) atoms. The second kappa shape index (κ2) is 14.4. The van der Waals surface area contributed by atoms with Crippen LogP contribution in [0.25, 0.3) is 5.82 Å². The van der Waals surface area contributed by atoms with E-state index in [0.29, 0.717) is 13.9 Å². The minimum atomic E-state index is -5.98. The Balaban J connectivity index is 1.43. The minimum absolute atomic E-state index is 0.0161. The highest BCUT2D eigenvalue weighted by Crippen LogP contribution is 2.42. The number of pyridine rings is 1. The summed E-state index contributed by atoms with van der Waals surface area (Å²) in [5, 5.41) is 18.6. The topological polar surface area (TPSA) is 142 Å². The number of hydrogen-bond acceptors (Lipinski definition) is 8. The maximum Gasteiger partial charge on any atom is 0.573 e. The van der Waals surface area contributed by atoms with Gasteiger partial charge in [-0.1, -0.05) is 23.7 Å². The first-order valence-electron chi connectivity index (χ1n) is 14.0. The Hall–Kier alpha value is -4.93. The van der Waals surface area contributed by atoms with Gasteiger partial charge in [0.15, 0.2) is 5.82 Å². The molecule has 5 aromatic rings. The van der Waals surface area contributed by atoms with Crippen LogP contribution >= 0.6 is 34.2 Å². The van der Waals surface area contributed by atoms with Gasteiger partial charge in [0.2, 0.25) is 0 Å². The van der Waals surface area contributed by atoms with Crippen LogP contribution in [0.1, 0.15) is 43.5 Å². The van der Waals surface area contributed by atoms with Crippen molar-refractivity contribution in [2.24, 2.45) is 0 Å². The van der Waals surface area contributed by atoms with Gasteiger partial charge in [-0.3, -0.25) is 9.59 Å². The Labute approximate surface area is 299 Å². The van der Waals surface area contributed by atoms with Crippen molar-refractivity contribution >= 4 is 51.7 Å². The molecule has 2 aromatic carbocycles. The number of alkyl halides is 8. The van der Waals surface area contributed by atoms with Crippen molar-refractivity contribution in [1.29, 1.82) is 0 Å². The molecule has 0 radical (unpaired) electrons. The van der Waals surface area contributed by atoms with E-state index < -0.39 is 48.4 Å². The maximum absolute atomic E-state index is 13.8. The zero-order valence-corrected chi connectivity index (χ0v) is 28.2. The van der Waals surface area contributed by atoms with Gasteiger partial charge in [-0.15, -0.1) is 23.4 Å². The zero-order chi connectivity index (χ0) is 37.3. The Morgan fingerprint density at radius 3 is 2.39 bits per heavy atom.